The summed E-state index contributed by atoms with van der Waals surface area (Å²) in [6.07, 6.45) is 0.514. The third kappa shape index (κ3) is 3.53. The molecule has 0 aliphatic carbocycles. The number of benzene rings is 2. The van der Waals surface area contributed by atoms with E-state index in [1.54, 1.807) is 0 Å². The van der Waals surface area contributed by atoms with Crippen LogP contribution in [0.2, 0.25) is 0 Å². The third-order valence-electron chi connectivity index (χ3n) is 3.49. The first-order valence-corrected chi connectivity index (χ1v) is 9.00. The molecule has 0 fully saturated rings. The summed E-state index contributed by atoms with van der Waals surface area (Å²) in [5, 5.41) is 0.775. The van der Waals surface area contributed by atoms with E-state index in [2.05, 4.69) is 6.58 Å². The maximum atomic E-state index is 12.7. The van der Waals surface area contributed by atoms with Crippen LogP contribution >= 0.6 is 7.37 Å². The van der Waals surface area contributed by atoms with Crippen LogP contribution in [0.4, 0.5) is 0 Å². The van der Waals surface area contributed by atoms with Gasteiger partial charge in [0.25, 0.3) is 0 Å². The van der Waals surface area contributed by atoms with E-state index in [9.17, 15) is 4.57 Å². The molecule has 2 aromatic carbocycles. The van der Waals surface area contributed by atoms with Gasteiger partial charge in [-0.25, -0.2) is 0 Å². The van der Waals surface area contributed by atoms with Crippen LogP contribution in [0.3, 0.4) is 0 Å². The van der Waals surface area contributed by atoms with Crippen LogP contribution in [0.1, 0.15) is 25.0 Å². The molecule has 0 heterocycles. The van der Waals surface area contributed by atoms with E-state index in [1.807, 2.05) is 68.4 Å². The molecule has 0 aliphatic rings. The largest absolute Gasteiger partial charge is 0.326 e. The number of rotatable bonds is 6. The summed E-state index contributed by atoms with van der Waals surface area (Å²) in [4.78, 5) is 0. The van der Waals surface area contributed by atoms with Crippen molar-refractivity contribution in [3.8, 4) is 0 Å². The van der Waals surface area contributed by atoms with E-state index in [4.69, 9.17) is 4.52 Å². The van der Waals surface area contributed by atoms with Crippen LogP contribution in [0.25, 0.3) is 5.57 Å². The van der Waals surface area contributed by atoms with E-state index < -0.39 is 7.37 Å². The Labute approximate surface area is 126 Å². The second-order valence-corrected chi connectivity index (χ2v) is 7.55. The quantitative estimate of drug-likeness (QED) is 0.722. The molecule has 21 heavy (non-hydrogen) atoms. The first kappa shape index (κ1) is 15.8. The van der Waals surface area contributed by atoms with Gasteiger partial charge in [0.1, 0.15) is 0 Å². The van der Waals surface area contributed by atoms with Crippen molar-refractivity contribution in [3.05, 3.63) is 72.3 Å². The highest BCUT2D eigenvalue weighted by Gasteiger charge is 2.22. The summed E-state index contributed by atoms with van der Waals surface area (Å²) in [7, 11) is -2.70. The maximum absolute atomic E-state index is 12.7. The van der Waals surface area contributed by atoms with Crippen molar-refractivity contribution in [1.29, 1.82) is 0 Å². The van der Waals surface area contributed by atoms with Gasteiger partial charge in [0.05, 0.1) is 6.61 Å². The molecule has 0 N–H and O–H groups in total. The minimum atomic E-state index is -2.70. The molecule has 2 aromatic rings. The van der Waals surface area contributed by atoms with Gasteiger partial charge in [-0.05, 0) is 35.8 Å². The summed E-state index contributed by atoms with van der Waals surface area (Å²) in [5.41, 5.74) is 3.09. The average molecular weight is 300 g/mol. The Hall–Kier alpha value is -1.63. The Morgan fingerprint density at radius 3 is 2.10 bits per heavy atom. The van der Waals surface area contributed by atoms with Gasteiger partial charge in [-0.1, -0.05) is 56.0 Å². The topological polar surface area (TPSA) is 26.3 Å². The molecule has 0 aliphatic heterocycles. The zero-order chi connectivity index (χ0) is 15.3. The Bertz CT molecular complexity index is 645. The first-order valence-electron chi connectivity index (χ1n) is 7.19. The van der Waals surface area contributed by atoms with Crippen LogP contribution in [-0.2, 0) is 9.09 Å². The molecule has 3 heteroatoms. The van der Waals surface area contributed by atoms with Crippen molar-refractivity contribution in [3.63, 3.8) is 0 Å². The highest BCUT2D eigenvalue weighted by molar-refractivity contribution is 7.66. The van der Waals surface area contributed by atoms with Gasteiger partial charge < -0.3 is 4.52 Å². The van der Waals surface area contributed by atoms with Gasteiger partial charge in [-0.3, -0.25) is 4.57 Å². The van der Waals surface area contributed by atoms with Gasteiger partial charge in [0, 0.05) is 11.5 Å². The lowest BCUT2D eigenvalue weighted by Gasteiger charge is -2.16. The van der Waals surface area contributed by atoms with Crippen LogP contribution < -0.4 is 5.30 Å². The van der Waals surface area contributed by atoms with Crippen LogP contribution in [0.5, 0.6) is 0 Å². The lowest BCUT2D eigenvalue weighted by Crippen LogP contribution is -2.09. The number of hydrogen-bond donors (Lipinski definition) is 0. The van der Waals surface area contributed by atoms with Crippen molar-refractivity contribution < 1.29 is 9.09 Å². The van der Waals surface area contributed by atoms with E-state index >= 15 is 0 Å². The van der Waals surface area contributed by atoms with Crippen LogP contribution in [-0.4, -0.2) is 12.8 Å². The monoisotopic (exact) mass is 300 g/mol. The molecule has 0 saturated carbocycles. The summed E-state index contributed by atoms with van der Waals surface area (Å²) in [6.45, 7) is 8.37. The van der Waals surface area contributed by atoms with E-state index in [1.165, 1.54) is 0 Å². The predicted molar refractivity (Wildman–Crippen MR) is 90.4 cm³/mol. The normalized spacial score (nSPS) is 13.6. The highest BCUT2D eigenvalue weighted by atomic mass is 31.2. The lowest BCUT2D eigenvalue weighted by atomic mass is 10.00. The fourth-order valence-corrected chi connectivity index (χ4v) is 3.97. The first-order chi connectivity index (χ1) is 10.1. The second kappa shape index (κ2) is 6.89. The molecule has 0 amide bonds. The fraction of sp³-hybridized carbons (Fsp3) is 0.222. The minimum absolute atomic E-state index is 0.462. The fourth-order valence-electron chi connectivity index (χ4n) is 2.25. The molecule has 1 atom stereocenters. The van der Waals surface area contributed by atoms with Gasteiger partial charge in [0.15, 0.2) is 0 Å². The van der Waals surface area contributed by atoms with Crippen molar-refractivity contribution in [1.82, 2.24) is 0 Å². The molecule has 1 unspecified atom stereocenters. The molecule has 2 nitrogen and oxygen atoms in total. The molecular weight excluding hydrogens is 279 g/mol. The van der Waals surface area contributed by atoms with Crippen LogP contribution in [0, 0.1) is 0 Å². The summed E-state index contributed by atoms with van der Waals surface area (Å²) < 4.78 is 18.2. The third-order valence-corrected chi connectivity index (χ3v) is 6.08. The summed E-state index contributed by atoms with van der Waals surface area (Å²) in [6, 6.07) is 17.8. The predicted octanol–water partition coefficient (Wildman–Crippen LogP) is 4.71. The summed E-state index contributed by atoms with van der Waals surface area (Å²) >= 11 is 0. The van der Waals surface area contributed by atoms with Gasteiger partial charge >= 0.3 is 0 Å². The summed E-state index contributed by atoms with van der Waals surface area (Å²) in [5.74, 6) is 0. The standard InChI is InChI=1S/C18H21O2P/c1-4-20-21(19,5-2)18-13-11-17(12-14-18)15(3)16-9-7-6-8-10-16/h6-14H,3-5H2,1-2H3. The SMILES string of the molecule is C=C(c1ccccc1)c1ccc(P(=O)(CC)OCC)cc1. The average Bonchev–Trinajstić information content (AvgIpc) is 2.55. The Morgan fingerprint density at radius 1 is 1.00 bits per heavy atom. The molecular formula is C18H21O2P. The van der Waals surface area contributed by atoms with Crippen molar-refractivity contribution in [2.24, 2.45) is 0 Å². The van der Waals surface area contributed by atoms with E-state index in [-0.39, 0.29) is 0 Å². The van der Waals surface area contributed by atoms with Crippen molar-refractivity contribution in [2.75, 3.05) is 12.8 Å². The second-order valence-electron chi connectivity index (χ2n) is 4.80. The van der Waals surface area contributed by atoms with Crippen molar-refractivity contribution in [2.45, 2.75) is 13.8 Å². The molecule has 2 rings (SSSR count). The molecule has 0 spiro atoms. The van der Waals surface area contributed by atoms with Gasteiger partial charge in [0.2, 0.25) is 7.37 Å². The maximum Gasteiger partial charge on any atom is 0.231 e. The molecule has 0 bridgehead atoms. The zero-order valence-electron chi connectivity index (χ0n) is 12.6. The Balaban J connectivity index is 2.27. The zero-order valence-corrected chi connectivity index (χ0v) is 13.5. The van der Waals surface area contributed by atoms with E-state index in [0.717, 1.165) is 22.0 Å². The Kier molecular flexibility index (Phi) is 5.17. The molecule has 0 aromatic heterocycles. The molecule has 110 valence electrons. The van der Waals surface area contributed by atoms with Crippen molar-refractivity contribution >= 4 is 18.2 Å². The minimum Gasteiger partial charge on any atom is -0.326 e. The molecule has 0 saturated heterocycles. The van der Waals surface area contributed by atoms with Crippen LogP contribution in [0.15, 0.2) is 61.2 Å². The Morgan fingerprint density at radius 2 is 1.57 bits per heavy atom. The van der Waals surface area contributed by atoms with Gasteiger partial charge in [-0.2, -0.15) is 0 Å². The van der Waals surface area contributed by atoms with E-state index in [0.29, 0.717) is 12.8 Å². The smallest absolute Gasteiger partial charge is 0.231 e. The number of hydrogen-bond acceptors (Lipinski definition) is 2. The highest BCUT2D eigenvalue weighted by Crippen LogP contribution is 2.45. The van der Waals surface area contributed by atoms with Gasteiger partial charge in [-0.15, -0.1) is 0 Å². The lowest BCUT2D eigenvalue weighted by molar-refractivity contribution is 0.341. The molecule has 0 radical (unpaired) electrons.